The topological polar surface area (TPSA) is 105 Å². The van der Waals surface area contributed by atoms with Gasteiger partial charge in [-0.3, -0.25) is 0 Å². The van der Waals surface area contributed by atoms with E-state index in [0.29, 0.717) is 36.8 Å². The number of rotatable bonds is 7. The van der Waals surface area contributed by atoms with E-state index in [2.05, 4.69) is 25.6 Å². The number of benzene rings is 1. The average Bonchev–Trinajstić information content (AvgIpc) is 3.29. The molecule has 0 amide bonds. The van der Waals surface area contributed by atoms with Crippen molar-refractivity contribution in [1.82, 2.24) is 29.1 Å². The van der Waals surface area contributed by atoms with Crippen molar-refractivity contribution in [3.63, 3.8) is 0 Å². The number of halogens is 4. The van der Waals surface area contributed by atoms with Crippen LogP contribution in [0.25, 0.3) is 17.1 Å². The van der Waals surface area contributed by atoms with Gasteiger partial charge in [-0.2, -0.15) is 13.2 Å². The molecule has 9 nitrogen and oxygen atoms in total. The van der Waals surface area contributed by atoms with E-state index in [1.54, 1.807) is 16.7 Å². The third-order valence-corrected chi connectivity index (χ3v) is 7.81. The van der Waals surface area contributed by atoms with Crippen LogP contribution in [0.4, 0.5) is 19.1 Å². The molecular weight excluding hydrogens is 531 g/mol. The fraction of sp³-hybridized carbons (Fsp3) is 0.435. The third kappa shape index (κ3) is 6.22. The van der Waals surface area contributed by atoms with Gasteiger partial charge in [-0.05, 0) is 37.1 Å². The highest BCUT2D eigenvalue weighted by atomic mass is 35.5. The lowest BCUT2D eigenvalue weighted by Gasteiger charge is -2.35. The minimum atomic E-state index is -4.70. The Hall–Kier alpha value is -2.74. The van der Waals surface area contributed by atoms with Gasteiger partial charge in [0.1, 0.15) is 23.3 Å². The molecule has 37 heavy (non-hydrogen) atoms. The molecule has 1 fully saturated rings. The molecule has 14 heteroatoms. The minimum absolute atomic E-state index is 0.00749. The molecule has 0 aliphatic carbocycles. The number of imidazole rings is 1. The lowest BCUT2D eigenvalue weighted by atomic mass is 9.95. The van der Waals surface area contributed by atoms with Crippen molar-refractivity contribution in [2.45, 2.75) is 32.1 Å². The zero-order valence-electron chi connectivity index (χ0n) is 20.4. The molecule has 3 aromatic rings. The summed E-state index contributed by atoms with van der Waals surface area (Å²) in [5.41, 5.74) is 0.145. The molecule has 1 saturated heterocycles. The van der Waals surface area contributed by atoms with Crippen LogP contribution in [0.1, 0.15) is 24.5 Å². The molecule has 3 heterocycles. The van der Waals surface area contributed by atoms with Crippen molar-refractivity contribution in [1.29, 1.82) is 0 Å². The molecule has 0 saturated carbocycles. The number of nitrogens with one attached hydrogen (secondary N) is 2. The first kappa shape index (κ1) is 27.3. The Bertz CT molecular complexity index is 1380. The predicted molar refractivity (Wildman–Crippen MR) is 135 cm³/mol. The summed E-state index contributed by atoms with van der Waals surface area (Å²) in [6, 6.07) is 5.19. The number of aromatic nitrogens is 4. The van der Waals surface area contributed by atoms with Crippen molar-refractivity contribution in [2.75, 3.05) is 31.7 Å². The normalized spacial score (nSPS) is 19.2. The molecule has 2 atom stereocenters. The number of hydrogen-bond donors (Lipinski definition) is 2. The van der Waals surface area contributed by atoms with E-state index in [1.807, 2.05) is 20.0 Å². The summed E-state index contributed by atoms with van der Waals surface area (Å²) in [7, 11) is -1.51. The zero-order chi connectivity index (χ0) is 27.0. The number of alkyl halides is 3. The van der Waals surface area contributed by atoms with Crippen molar-refractivity contribution >= 4 is 27.6 Å². The Morgan fingerprint density at radius 3 is 2.62 bits per heavy atom. The number of sulfonamides is 1. The van der Waals surface area contributed by atoms with Crippen LogP contribution < -0.4 is 10.6 Å². The summed E-state index contributed by atoms with van der Waals surface area (Å²) in [5, 5.41) is 6.54. The zero-order valence-corrected chi connectivity index (χ0v) is 22.0. The molecule has 0 bridgehead atoms. The first-order chi connectivity index (χ1) is 17.4. The molecule has 2 aromatic heterocycles. The van der Waals surface area contributed by atoms with E-state index in [0.717, 1.165) is 18.0 Å². The maximum absolute atomic E-state index is 13.8. The van der Waals surface area contributed by atoms with Gasteiger partial charge in [0, 0.05) is 38.1 Å². The van der Waals surface area contributed by atoms with Crippen LogP contribution in [-0.2, 0) is 22.7 Å². The Morgan fingerprint density at radius 2 is 2.00 bits per heavy atom. The molecule has 1 aliphatic rings. The van der Waals surface area contributed by atoms with Gasteiger partial charge in [0.25, 0.3) is 0 Å². The summed E-state index contributed by atoms with van der Waals surface area (Å²) in [6.07, 6.45) is 0.476. The van der Waals surface area contributed by atoms with Gasteiger partial charge in [0.05, 0.1) is 17.0 Å². The van der Waals surface area contributed by atoms with Crippen LogP contribution in [0.3, 0.4) is 0 Å². The number of hydrogen-bond acceptors (Lipinski definition) is 7. The molecule has 0 unspecified atom stereocenters. The second-order valence-corrected chi connectivity index (χ2v) is 11.5. The summed E-state index contributed by atoms with van der Waals surface area (Å²) in [5.74, 6) is -0.0956. The van der Waals surface area contributed by atoms with Crippen LogP contribution in [0.2, 0.25) is 5.02 Å². The van der Waals surface area contributed by atoms with Crippen LogP contribution in [-0.4, -0.2) is 64.7 Å². The second kappa shape index (κ2) is 10.6. The number of nitrogens with zero attached hydrogens (tertiary/aromatic N) is 5. The van der Waals surface area contributed by atoms with E-state index < -0.39 is 21.8 Å². The molecule has 200 valence electrons. The lowest BCUT2D eigenvalue weighted by Crippen LogP contribution is -2.47. The van der Waals surface area contributed by atoms with Gasteiger partial charge in [-0.15, -0.1) is 0 Å². The highest BCUT2D eigenvalue weighted by Gasteiger charge is 2.37. The third-order valence-electron chi connectivity index (χ3n) is 6.24. The van der Waals surface area contributed by atoms with Gasteiger partial charge in [0.15, 0.2) is 0 Å². The van der Waals surface area contributed by atoms with Crippen molar-refractivity contribution < 1.29 is 21.6 Å². The van der Waals surface area contributed by atoms with Gasteiger partial charge in [-0.25, -0.2) is 27.7 Å². The summed E-state index contributed by atoms with van der Waals surface area (Å²) in [4.78, 5) is 12.3. The first-order valence-corrected chi connectivity index (χ1v) is 13.7. The van der Waals surface area contributed by atoms with Crippen molar-refractivity contribution in [2.24, 2.45) is 5.92 Å². The highest BCUT2D eigenvalue weighted by Crippen LogP contribution is 2.36. The maximum atomic E-state index is 13.8. The Balaban J connectivity index is 1.63. The number of anilines is 1. The molecule has 1 aliphatic heterocycles. The largest absolute Gasteiger partial charge is 0.420 e. The first-order valence-electron chi connectivity index (χ1n) is 11.5. The van der Waals surface area contributed by atoms with E-state index in [-0.39, 0.29) is 29.3 Å². The maximum Gasteiger partial charge on any atom is 0.420 e. The summed E-state index contributed by atoms with van der Waals surface area (Å²) < 4.78 is 68.1. The molecule has 0 spiro atoms. The summed E-state index contributed by atoms with van der Waals surface area (Å²) >= 11 is 6.41. The van der Waals surface area contributed by atoms with E-state index >= 15 is 0 Å². The second-order valence-electron chi connectivity index (χ2n) is 9.07. The van der Waals surface area contributed by atoms with E-state index in [4.69, 9.17) is 11.6 Å². The van der Waals surface area contributed by atoms with Gasteiger partial charge < -0.3 is 15.2 Å². The fourth-order valence-electron chi connectivity index (χ4n) is 4.29. The fourth-order valence-corrected chi connectivity index (χ4v) is 5.54. The average molecular weight is 558 g/mol. The predicted octanol–water partition coefficient (Wildman–Crippen LogP) is 3.80. The molecule has 2 N–H and O–H groups in total. The number of piperidine rings is 1. The molecule has 0 radical (unpaired) electrons. The van der Waals surface area contributed by atoms with E-state index in [9.17, 15) is 21.6 Å². The highest BCUT2D eigenvalue weighted by molar-refractivity contribution is 7.88. The Kier molecular flexibility index (Phi) is 7.79. The molecule has 4 rings (SSSR count). The quantitative estimate of drug-likeness (QED) is 0.455. The molecule has 1 aromatic carbocycles. The van der Waals surface area contributed by atoms with Gasteiger partial charge in [0.2, 0.25) is 16.0 Å². The van der Waals surface area contributed by atoms with Crippen LogP contribution in [0.5, 0.6) is 0 Å². The van der Waals surface area contributed by atoms with Gasteiger partial charge in [-0.1, -0.05) is 24.6 Å². The van der Waals surface area contributed by atoms with Crippen LogP contribution >= 0.6 is 11.6 Å². The van der Waals surface area contributed by atoms with Gasteiger partial charge >= 0.3 is 6.18 Å². The monoisotopic (exact) mass is 557 g/mol. The smallest absolute Gasteiger partial charge is 0.351 e. The van der Waals surface area contributed by atoms with Crippen molar-refractivity contribution in [3.8, 4) is 17.1 Å². The minimum Gasteiger partial charge on any atom is -0.351 e. The summed E-state index contributed by atoms with van der Waals surface area (Å²) in [6.45, 7) is 3.08. The van der Waals surface area contributed by atoms with Crippen molar-refractivity contribution in [3.05, 3.63) is 53.1 Å². The molecular formula is C23H27ClF3N7O2S. The Labute approximate surface area is 218 Å². The van der Waals surface area contributed by atoms with Crippen LogP contribution in [0, 0.1) is 5.92 Å². The van der Waals surface area contributed by atoms with E-state index in [1.165, 1.54) is 16.8 Å². The van der Waals surface area contributed by atoms with Crippen LogP contribution in [0.15, 0.2) is 36.9 Å². The standard InChI is InChI=1S/C23H27ClF3N7O2S/c1-14-11-34(37(3,35)36)7-6-18(14)31-22-29-10-16(23(25,26)27)21(32-22)19-12-33(13-30-19)20-5-4-15(9-28-2)8-17(20)24/h4-5,8,10,12-14,18,28H,6-7,9,11H2,1-3H3,(H,29,31,32)/t14-,18+/m1/s1. The SMILES string of the molecule is CNCc1ccc(-n2cnc(-c3nc(N[C@H]4CCN(S(C)(=O)=O)C[C@H]4C)ncc3C(F)(F)F)c2)c(Cl)c1. The Morgan fingerprint density at radius 1 is 1.24 bits per heavy atom. The lowest BCUT2D eigenvalue weighted by molar-refractivity contribution is -0.137.